The number of halogens is 3. The van der Waals surface area contributed by atoms with E-state index in [1.807, 2.05) is 0 Å². The van der Waals surface area contributed by atoms with Crippen molar-refractivity contribution in [2.24, 2.45) is 0 Å². The first-order chi connectivity index (χ1) is 8.00. The van der Waals surface area contributed by atoms with Gasteiger partial charge in [-0.15, -0.1) is 0 Å². The van der Waals surface area contributed by atoms with Gasteiger partial charge in [0.1, 0.15) is 5.75 Å². The molecule has 0 aliphatic heterocycles. The summed E-state index contributed by atoms with van der Waals surface area (Å²) in [6.07, 6.45) is -2.15. The van der Waals surface area contributed by atoms with E-state index in [2.05, 4.69) is 5.32 Å². The van der Waals surface area contributed by atoms with Crippen LogP contribution in [-0.4, -0.2) is 13.2 Å². The van der Waals surface area contributed by atoms with Crippen LogP contribution in [-0.2, 0) is 12.7 Å². The Bertz CT molecular complexity index is 399. The number of methoxy groups -OCH3 is 1. The van der Waals surface area contributed by atoms with Crippen LogP contribution < -0.4 is 10.1 Å². The Hall–Kier alpha value is -1.23. The van der Waals surface area contributed by atoms with E-state index in [4.69, 9.17) is 4.74 Å². The minimum Gasteiger partial charge on any atom is -0.496 e. The van der Waals surface area contributed by atoms with E-state index >= 15 is 0 Å². The first-order valence-corrected chi connectivity index (χ1v) is 5.48. The molecule has 0 unspecified atom stereocenters. The Balaban J connectivity index is 2.17. The van der Waals surface area contributed by atoms with E-state index in [1.165, 1.54) is 13.2 Å². The lowest BCUT2D eigenvalue weighted by molar-refractivity contribution is -0.138. The normalized spacial score (nSPS) is 16.0. The van der Waals surface area contributed by atoms with Crippen molar-refractivity contribution >= 4 is 0 Å². The molecule has 2 nitrogen and oxygen atoms in total. The largest absolute Gasteiger partial charge is 0.496 e. The van der Waals surface area contributed by atoms with Gasteiger partial charge >= 0.3 is 6.18 Å². The summed E-state index contributed by atoms with van der Waals surface area (Å²) in [6, 6.07) is 4.65. The SMILES string of the molecule is COc1ccc(CNC2CC2)cc1C(F)(F)F. The van der Waals surface area contributed by atoms with Gasteiger partial charge in [-0.05, 0) is 30.5 Å². The molecule has 0 heterocycles. The van der Waals surface area contributed by atoms with Crippen LogP contribution in [0.3, 0.4) is 0 Å². The average molecular weight is 245 g/mol. The first kappa shape index (κ1) is 12.2. The molecule has 0 aromatic heterocycles. The summed E-state index contributed by atoms with van der Waals surface area (Å²) in [6.45, 7) is 0.470. The molecule has 0 amide bonds. The minimum absolute atomic E-state index is 0.132. The molecule has 0 saturated heterocycles. The standard InChI is InChI=1S/C12H14F3NO/c1-17-11-5-2-8(7-16-9-3-4-9)6-10(11)12(13,14)15/h2,5-6,9,16H,3-4,7H2,1H3. The zero-order chi connectivity index (χ0) is 12.5. The predicted molar refractivity (Wildman–Crippen MR) is 57.9 cm³/mol. The molecule has 17 heavy (non-hydrogen) atoms. The molecule has 2 rings (SSSR count). The fourth-order valence-corrected chi connectivity index (χ4v) is 1.64. The van der Waals surface area contributed by atoms with Gasteiger partial charge in [-0.3, -0.25) is 0 Å². The van der Waals surface area contributed by atoms with Crippen LogP contribution in [0.2, 0.25) is 0 Å². The van der Waals surface area contributed by atoms with Crippen molar-refractivity contribution in [3.8, 4) is 5.75 Å². The van der Waals surface area contributed by atoms with Gasteiger partial charge in [0, 0.05) is 12.6 Å². The number of rotatable bonds is 4. The van der Waals surface area contributed by atoms with E-state index in [1.54, 1.807) is 6.07 Å². The van der Waals surface area contributed by atoms with Crippen molar-refractivity contribution in [2.45, 2.75) is 31.6 Å². The molecular formula is C12H14F3NO. The Morgan fingerprint density at radius 1 is 1.35 bits per heavy atom. The Morgan fingerprint density at radius 3 is 2.59 bits per heavy atom. The van der Waals surface area contributed by atoms with Crippen LogP contribution in [0.4, 0.5) is 13.2 Å². The summed E-state index contributed by atoms with van der Waals surface area (Å²) in [5.41, 5.74) is -0.0832. The van der Waals surface area contributed by atoms with Gasteiger partial charge in [0.25, 0.3) is 0 Å². The highest BCUT2D eigenvalue weighted by Gasteiger charge is 2.34. The number of alkyl halides is 3. The Kier molecular flexibility index (Phi) is 3.28. The number of ether oxygens (including phenoxy) is 1. The fourth-order valence-electron chi connectivity index (χ4n) is 1.64. The second-order valence-corrected chi connectivity index (χ2v) is 4.19. The lowest BCUT2D eigenvalue weighted by Crippen LogP contribution is -2.16. The van der Waals surface area contributed by atoms with Gasteiger partial charge < -0.3 is 10.1 Å². The van der Waals surface area contributed by atoms with Gasteiger partial charge in [0.05, 0.1) is 12.7 Å². The van der Waals surface area contributed by atoms with Crippen molar-refractivity contribution < 1.29 is 17.9 Å². The highest BCUT2D eigenvalue weighted by Crippen LogP contribution is 2.36. The topological polar surface area (TPSA) is 21.3 Å². The van der Waals surface area contributed by atoms with Crippen molar-refractivity contribution in [1.29, 1.82) is 0 Å². The number of hydrogen-bond donors (Lipinski definition) is 1. The molecular weight excluding hydrogens is 231 g/mol. The Labute approximate surface area is 97.8 Å². The van der Waals surface area contributed by atoms with Crippen LogP contribution in [0.1, 0.15) is 24.0 Å². The summed E-state index contributed by atoms with van der Waals surface area (Å²) in [5.74, 6) is -0.132. The molecule has 1 fully saturated rings. The van der Waals surface area contributed by atoms with Crippen LogP contribution in [0.15, 0.2) is 18.2 Å². The number of benzene rings is 1. The summed E-state index contributed by atoms with van der Waals surface area (Å²) in [7, 11) is 1.24. The first-order valence-electron chi connectivity index (χ1n) is 5.48. The Morgan fingerprint density at radius 2 is 2.06 bits per heavy atom. The van der Waals surface area contributed by atoms with Gasteiger partial charge in [-0.2, -0.15) is 13.2 Å². The molecule has 1 saturated carbocycles. The van der Waals surface area contributed by atoms with Crippen LogP contribution in [0, 0.1) is 0 Å². The lowest BCUT2D eigenvalue weighted by Gasteiger charge is -2.13. The smallest absolute Gasteiger partial charge is 0.419 e. The molecule has 1 aromatic carbocycles. The lowest BCUT2D eigenvalue weighted by atomic mass is 10.1. The molecule has 94 valence electrons. The predicted octanol–water partition coefficient (Wildman–Crippen LogP) is 2.97. The molecule has 1 N–H and O–H groups in total. The van der Waals surface area contributed by atoms with Gasteiger partial charge in [-0.1, -0.05) is 6.07 Å². The summed E-state index contributed by atoms with van der Waals surface area (Å²) in [4.78, 5) is 0. The van der Waals surface area contributed by atoms with Gasteiger partial charge in [-0.25, -0.2) is 0 Å². The van der Waals surface area contributed by atoms with Crippen molar-refractivity contribution in [1.82, 2.24) is 5.32 Å². The summed E-state index contributed by atoms with van der Waals surface area (Å²) in [5, 5.41) is 3.18. The third-order valence-corrected chi connectivity index (χ3v) is 2.74. The fraction of sp³-hybridized carbons (Fsp3) is 0.500. The number of hydrogen-bond acceptors (Lipinski definition) is 2. The second kappa shape index (κ2) is 4.56. The summed E-state index contributed by atoms with van der Waals surface area (Å²) < 4.78 is 42.9. The minimum atomic E-state index is -4.37. The molecule has 1 aliphatic rings. The van der Waals surface area contributed by atoms with Crippen LogP contribution in [0.25, 0.3) is 0 Å². The molecule has 0 bridgehead atoms. The molecule has 0 radical (unpaired) electrons. The second-order valence-electron chi connectivity index (χ2n) is 4.19. The maximum Gasteiger partial charge on any atom is 0.419 e. The third kappa shape index (κ3) is 3.12. The number of nitrogens with one attached hydrogen (secondary N) is 1. The third-order valence-electron chi connectivity index (χ3n) is 2.74. The maximum atomic E-state index is 12.7. The quantitative estimate of drug-likeness (QED) is 0.880. The van der Waals surface area contributed by atoms with Crippen LogP contribution in [0.5, 0.6) is 5.75 Å². The van der Waals surface area contributed by atoms with Crippen molar-refractivity contribution in [3.05, 3.63) is 29.3 Å². The van der Waals surface area contributed by atoms with E-state index in [9.17, 15) is 13.2 Å². The molecule has 1 aromatic rings. The van der Waals surface area contributed by atoms with Gasteiger partial charge in [0.2, 0.25) is 0 Å². The van der Waals surface area contributed by atoms with Crippen molar-refractivity contribution in [3.63, 3.8) is 0 Å². The molecule has 0 spiro atoms. The van der Waals surface area contributed by atoms with Crippen molar-refractivity contribution in [2.75, 3.05) is 7.11 Å². The monoisotopic (exact) mass is 245 g/mol. The molecule has 5 heteroatoms. The highest BCUT2D eigenvalue weighted by molar-refractivity contribution is 5.39. The van der Waals surface area contributed by atoms with E-state index in [-0.39, 0.29) is 5.75 Å². The zero-order valence-electron chi connectivity index (χ0n) is 9.47. The zero-order valence-corrected chi connectivity index (χ0v) is 9.47. The van der Waals surface area contributed by atoms with E-state index in [0.717, 1.165) is 18.9 Å². The van der Waals surface area contributed by atoms with E-state index < -0.39 is 11.7 Å². The van der Waals surface area contributed by atoms with Crippen LogP contribution >= 0.6 is 0 Å². The maximum absolute atomic E-state index is 12.7. The average Bonchev–Trinajstić information content (AvgIpc) is 3.08. The van der Waals surface area contributed by atoms with E-state index in [0.29, 0.717) is 18.2 Å². The van der Waals surface area contributed by atoms with Gasteiger partial charge in [0.15, 0.2) is 0 Å². The summed E-state index contributed by atoms with van der Waals surface area (Å²) >= 11 is 0. The molecule has 0 atom stereocenters. The molecule has 1 aliphatic carbocycles. The highest BCUT2D eigenvalue weighted by atomic mass is 19.4.